The third-order valence-electron chi connectivity index (χ3n) is 11.2. The lowest BCUT2D eigenvalue weighted by Crippen LogP contribution is -1.91. The Morgan fingerprint density at radius 3 is 1.15 bits per heavy atom. The fourth-order valence-electron chi connectivity index (χ4n) is 8.96. The first-order valence-corrected chi connectivity index (χ1v) is 17.8. The van der Waals surface area contributed by atoms with Gasteiger partial charge in [-0.25, -0.2) is 0 Å². The average Bonchev–Trinajstić information content (AvgIpc) is 3.76. The van der Waals surface area contributed by atoms with Crippen molar-refractivity contribution in [3.8, 4) is 22.3 Å². The number of rotatable bonds is 2. The van der Waals surface area contributed by atoms with Crippen LogP contribution in [0.15, 0.2) is 179 Å². The van der Waals surface area contributed by atoms with Gasteiger partial charge in [0.25, 0.3) is 0 Å². The molecule has 0 saturated heterocycles. The minimum Gasteiger partial charge on any atom is -0.456 e. The Hall–Kier alpha value is -6.90. The zero-order chi connectivity index (χ0) is 33.9. The SMILES string of the molecule is c1ccc2c(c1)oc1ccc(-c3c4ccccc4c(-c4ccc5c(c4)c4ccccc4c4cc6oc7ccccc7c6cc54)c4ccccc34)cc12. The number of hydrogen-bond acceptors (Lipinski definition) is 2. The number of fused-ring (bicyclic) bond motifs is 14. The van der Waals surface area contributed by atoms with Gasteiger partial charge in [-0.2, -0.15) is 0 Å². The van der Waals surface area contributed by atoms with E-state index in [1.54, 1.807) is 0 Å². The molecule has 0 aliphatic heterocycles. The lowest BCUT2D eigenvalue weighted by Gasteiger charge is -2.18. The molecule has 240 valence electrons. The van der Waals surface area contributed by atoms with Crippen LogP contribution in [0.1, 0.15) is 0 Å². The van der Waals surface area contributed by atoms with E-state index >= 15 is 0 Å². The Morgan fingerprint density at radius 2 is 0.577 bits per heavy atom. The smallest absolute Gasteiger partial charge is 0.136 e. The van der Waals surface area contributed by atoms with E-state index in [4.69, 9.17) is 8.83 Å². The van der Waals surface area contributed by atoms with Crippen molar-refractivity contribution < 1.29 is 8.83 Å². The molecule has 0 unspecified atom stereocenters. The first-order chi connectivity index (χ1) is 25.8. The molecule has 2 heterocycles. The minimum absolute atomic E-state index is 0.910. The molecule has 0 bridgehead atoms. The van der Waals surface area contributed by atoms with Crippen LogP contribution in [0.3, 0.4) is 0 Å². The second-order valence-corrected chi connectivity index (χ2v) is 13.9. The van der Waals surface area contributed by atoms with Crippen molar-refractivity contribution in [1.29, 1.82) is 0 Å². The van der Waals surface area contributed by atoms with Crippen LogP contribution in [0.4, 0.5) is 0 Å². The van der Waals surface area contributed by atoms with Gasteiger partial charge < -0.3 is 8.83 Å². The predicted octanol–water partition coefficient (Wildman–Crippen LogP) is 14.6. The summed E-state index contributed by atoms with van der Waals surface area (Å²) in [4.78, 5) is 0. The summed E-state index contributed by atoms with van der Waals surface area (Å²) in [5.74, 6) is 0. The highest BCUT2D eigenvalue weighted by molar-refractivity contribution is 6.29. The van der Waals surface area contributed by atoms with Crippen LogP contribution in [0.5, 0.6) is 0 Å². The van der Waals surface area contributed by atoms with Gasteiger partial charge in [0, 0.05) is 21.5 Å². The van der Waals surface area contributed by atoms with Crippen LogP contribution < -0.4 is 0 Å². The summed E-state index contributed by atoms with van der Waals surface area (Å²) < 4.78 is 12.6. The van der Waals surface area contributed by atoms with Crippen molar-refractivity contribution in [3.63, 3.8) is 0 Å². The van der Waals surface area contributed by atoms with Crippen LogP contribution in [0.25, 0.3) is 120 Å². The summed E-state index contributed by atoms with van der Waals surface area (Å²) in [7, 11) is 0. The molecule has 0 spiro atoms. The van der Waals surface area contributed by atoms with Gasteiger partial charge in [0.05, 0.1) is 0 Å². The lowest BCUT2D eigenvalue weighted by atomic mass is 9.84. The molecule has 0 saturated carbocycles. The van der Waals surface area contributed by atoms with Crippen molar-refractivity contribution in [3.05, 3.63) is 170 Å². The summed E-state index contributed by atoms with van der Waals surface area (Å²) in [6.07, 6.45) is 0. The fraction of sp³-hybridized carbons (Fsp3) is 0. The summed E-state index contributed by atoms with van der Waals surface area (Å²) >= 11 is 0. The molecule has 0 N–H and O–H groups in total. The second-order valence-electron chi connectivity index (χ2n) is 13.9. The molecule has 12 aromatic rings. The van der Waals surface area contributed by atoms with Crippen molar-refractivity contribution in [2.75, 3.05) is 0 Å². The van der Waals surface area contributed by atoms with E-state index in [2.05, 4.69) is 152 Å². The second kappa shape index (κ2) is 10.3. The third kappa shape index (κ3) is 3.78. The average molecular weight is 661 g/mol. The first kappa shape index (κ1) is 27.9. The molecule has 0 aliphatic rings. The lowest BCUT2D eigenvalue weighted by molar-refractivity contribution is 0.669. The van der Waals surface area contributed by atoms with Gasteiger partial charge in [-0.3, -0.25) is 0 Å². The highest BCUT2D eigenvalue weighted by Gasteiger charge is 2.19. The molecule has 52 heavy (non-hydrogen) atoms. The Morgan fingerprint density at radius 1 is 0.212 bits per heavy atom. The first-order valence-electron chi connectivity index (χ1n) is 17.8. The zero-order valence-electron chi connectivity index (χ0n) is 28.0. The standard InChI is InChI=1S/C50H28O2/c1-2-12-32-31(11-1)40-25-29(21-23-33(40)41-27-44-35-14-8-10-20-46(35)52-48(44)28-42(32)41)49-36-15-3-5-17-38(36)50(39-18-6-4-16-37(39)49)30-22-24-47-43(26-30)34-13-7-9-19-45(34)51-47/h1-28H. The molecule has 2 aromatic heterocycles. The van der Waals surface area contributed by atoms with Crippen LogP contribution in [-0.2, 0) is 0 Å². The van der Waals surface area contributed by atoms with Gasteiger partial charge in [-0.1, -0.05) is 127 Å². The minimum atomic E-state index is 0.910. The van der Waals surface area contributed by atoms with Crippen molar-refractivity contribution in [2.24, 2.45) is 0 Å². The Bertz CT molecular complexity index is 3410. The van der Waals surface area contributed by atoms with Crippen molar-refractivity contribution in [1.82, 2.24) is 0 Å². The molecule has 2 nitrogen and oxygen atoms in total. The highest BCUT2D eigenvalue weighted by Crippen LogP contribution is 2.47. The van der Waals surface area contributed by atoms with Crippen LogP contribution in [0, 0.1) is 0 Å². The van der Waals surface area contributed by atoms with Gasteiger partial charge >= 0.3 is 0 Å². The topological polar surface area (TPSA) is 26.3 Å². The molecule has 0 fully saturated rings. The monoisotopic (exact) mass is 660 g/mol. The van der Waals surface area contributed by atoms with E-state index in [-0.39, 0.29) is 0 Å². The summed E-state index contributed by atoms with van der Waals surface area (Å²) in [6.45, 7) is 0. The van der Waals surface area contributed by atoms with Crippen LogP contribution in [-0.4, -0.2) is 0 Å². The molecular weight excluding hydrogens is 633 g/mol. The largest absolute Gasteiger partial charge is 0.456 e. The van der Waals surface area contributed by atoms with Gasteiger partial charge in [0.2, 0.25) is 0 Å². The zero-order valence-corrected chi connectivity index (χ0v) is 28.0. The number of hydrogen-bond donors (Lipinski definition) is 0. The van der Waals surface area contributed by atoms with E-state index in [1.807, 2.05) is 18.2 Å². The Kier molecular flexibility index (Phi) is 5.53. The fourth-order valence-corrected chi connectivity index (χ4v) is 8.96. The molecular formula is C50H28O2. The van der Waals surface area contributed by atoms with Crippen molar-refractivity contribution in [2.45, 2.75) is 0 Å². The van der Waals surface area contributed by atoms with Gasteiger partial charge in [0.15, 0.2) is 0 Å². The van der Waals surface area contributed by atoms with Crippen LogP contribution >= 0.6 is 0 Å². The van der Waals surface area contributed by atoms with Crippen molar-refractivity contribution >= 4 is 97.7 Å². The molecule has 2 heteroatoms. The summed E-state index contributed by atoms with van der Waals surface area (Å²) in [5, 5.41) is 17.0. The maximum Gasteiger partial charge on any atom is 0.136 e. The normalized spacial score (nSPS) is 12.2. The van der Waals surface area contributed by atoms with E-state index in [9.17, 15) is 0 Å². The maximum atomic E-state index is 6.35. The predicted molar refractivity (Wildman–Crippen MR) is 219 cm³/mol. The molecule has 0 radical (unpaired) electrons. The molecule has 0 atom stereocenters. The van der Waals surface area contributed by atoms with E-state index < -0.39 is 0 Å². The molecule has 12 rings (SSSR count). The molecule has 0 aliphatic carbocycles. The Balaban J connectivity index is 1.16. The van der Waals surface area contributed by atoms with E-state index in [0.29, 0.717) is 0 Å². The van der Waals surface area contributed by atoms with Gasteiger partial charge in [-0.15, -0.1) is 0 Å². The Labute approximate surface area is 297 Å². The van der Waals surface area contributed by atoms with Gasteiger partial charge in [0.1, 0.15) is 22.3 Å². The third-order valence-corrected chi connectivity index (χ3v) is 11.2. The number of benzene rings is 10. The van der Waals surface area contributed by atoms with E-state index in [0.717, 1.165) is 43.9 Å². The quantitative estimate of drug-likeness (QED) is 0.136. The molecule has 10 aromatic carbocycles. The summed E-state index contributed by atoms with van der Waals surface area (Å²) in [5.41, 5.74) is 8.57. The van der Waals surface area contributed by atoms with Gasteiger partial charge in [-0.05, 0) is 119 Å². The van der Waals surface area contributed by atoms with Crippen LogP contribution in [0.2, 0.25) is 0 Å². The highest BCUT2D eigenvalue weighted by atomic mass is 16.3. The summed E-state index contributed by atoms with van der Waals surface area (Å²) in [6, 6.07) is 61.6. The molecule has 0 amide bonds. The van der Waals surface area contributed by atoms with E-state index in [1.165, 1.54) is 76.1 Å². The maximum absolute atomic E-state index is 6.35. The number of furan rings is 2. The number of para-hydroxylation sites is 2.